The van der Waals surface area contributed by atoms with E-state index < -0.39 is 35.6 Å². The molecule has 3 rings (SSSR count). The van der Waals surface area contributed by atoms with Crippen molar-refractivity contribution in [1.82, 2.24) is 4.98 Å². The van der Waals surface area contributed by atoms with Gasteiger partial charge in [-0.2, -0.15) is 0 Å². The zero-order valence-electron chi connectivity index (χ0n) is 13.5. The van der Waals surface area contributed by atoms with Gasteiger partial charge in [-0.15, -0.1) is 11.3 Å². The summed E-state index contributed by atoms with van der Waals surface area (Å²) < 4.78 is 46.1. The highest BCUT2D eigenvalue weighted by molar-refractivity contribution is 7.13. The molecule has 0 aliphatic rings. The summed E-state index contributed by atoms with van der Waals surface area (Å²) in [6.45, 7) is -0.472. The number of carboxylic acid groups (broad SMARTS) is 1. The first kappa shape index (κ1) is 19.2. The van der Waals surface area contributed by atoms with Crippen molar-refractivity contribution in [2.75, 3.05) is 0 Å². The van der Waals surface area contributed by atoms with Gasteiger partial charge in [-0.3, -0.25) is 4.79 Å². The van der Waals surface area contributed by atoms with Crippen LogP contribution in [-0.4, -0.2) is 16.1 Å². The minimum absolute atomic E-state index is 0.237. The molecule has 0 unspecified atom stereocenters. The smallest absolute Gasteiger partial charge is 0.309 e. The largest absolute Gasteiger partial charge is 0.488 e. The molecule has 0 aliphatic heterocycles. The Bertz CT molecular complexity index is 986. The lowest BCUT2D eigenvalue weighted by Crippen LogP contribution is -2.04. The van der Waals surface area contributed by atoms with Crippen molar-refractivity contribution in [3.8, 4) is 16.3 Å². The van der Waals surface area contributed by atoms with Gasteiger partial charge in [0.2, 0.25) is 0 Å². The molecule has 3 aromatic rings. The normalized spacial score (nSPS) is 10.8. The molecule has 140 valence electrons. The minimum atomic E-state index is -1.05. The number of aromatic nitrogens is 1. The van der Waals surface area contributed by atoms with Crippen LogP contribution >= 0.6 is 22.9 Å². The van der Waals surface area contributed by atoms with Gasteiger partial charge in [0, 0.05) is 22.5 Å². The molecule has 9 heteroatoms. The van der Waals surface area contributed by atoms with Gasteiger partial charge in [-0.05, 0) is 18.2 Å². The van der Waals surface area contributed by atoms with E-state index in [-0.39, 0.29) is 12.2 Å². The first-order valence-electron chi connectivity index (χ1n) is 7.56. The van der Waals surface area contributed by atoms with Crippen LogP contribution in [0.2, 0.25) is 5.02 Å². The molecule has 1 aromatic heterocycles. The minimum Gasteiger partial charge on any atom is -0.488 e. The number of hydrogen-bond donors (Lipinski definition) is 1. The number of nitrogens with zero attached hydrogens (tertiary/aromatic N) is 1. The van der Waals surface area contributed by atoms with E-state index in [2.05, 4.69) is 4.98 Å². The van der Waals surface area contributed by atoms with Crippen molar-refractivity contribution in [2.45, 2.75) is 13.0 Å². The summed E-state index contributed by atoms with van der Waals surface area (Å²) in [5, 5.41) is 11.3. The Labute approximate surface area is 160 Å². The summed E-state index contributed by atoms with van der Waals surface area (Å²) in [7, 11) is 0. The molecular weight excluding hydrogens is 403 g/mol. The molecule has 0 amide bonds. The summed E-state index contributed by atoms with van der Waals surface area (Å²) in [4.78, 5) is 15.0. The summed E-state index contributed by atoms with van der Waals surface area (Å²) in [6.07, 6.45) is -0.237. The van der Waals surface area contributed by atoms with Gasteiger partial charge >= 0.3 is 5.97 Å². The molecule has 1 heterocycles. The van der Waals surface area contributed by atoms with Crippen LogP contribution in [0.15, 0.2) is 35.7 Å². The lowest BCUT2D eigenvalue weighted by atomic mass is 10.2. The number of ether oxygens (including phenoxy) is 1. The second-order valence-corrected chi connectivity index (χ2v) is 6.79. The topological polar surface area (TPSA) is 59.4 Å². The van der Waals surface area contributed by atoms with Crippen molar-refractivity contribution in [1.29, 1.82) is 0 Å². The van der Waals surface area contributed by atoms with Crippen LogP contribution < -0.4 is 4.74 Å². The quantitative estimate of drug-likeness (QED) is 0.611. The van der Waals surface area contributed by atoms with Gasteiger partial charge in [-0.1, -0.05) is 11.6 Å². The number of carbonyl (C=O) groups is 1. The van der Waals surface area contributed by atoms with Crippen LogP contribution in [0.25, 0.3) is 10.6 Å². The van der Waals surface area contributed by atoms with E-state index in [9.17, 15) is 18.0 Å². The highest BCUT2D eigenvalue weighted by Crippen LogP contribution is 2.35. The van der Waals surface area contributed by atoms with E-state index in [1.807, 2.05) is 0 Å². The monoisotopic (exact) mass is 413 g/mol. The third-order valence-corrected chi connectivity index (χ3v) is 4.69. The van der Waals surface area contributed by atoms with Crippen LogP contribution in [-0.2, 0) is 17.8 Å². The standard InChI is InChI=1S/C18H11ClF3NO3S/c19-9-1-2-16(26-7-13-14(21)4-10(20)5-15(13)22)12(3-9)18-23-11(8-27-18)6-17(24)25/h1-5,8H,6-7H2,(H,24,25). The van der Waals surface area contributed by atoms with Crippen molar-refractivity contribution in [2.24, 2.45) is 0 Å². The van der Waals surface area contributed by atoms with E-state index >= 15 is 0 Å². The summed E-state index contributed by atoms with van der Waals surface area (Å²) in [5.41, 5.74) is 0.402. The number of aliphatic carboxylic acids is 1. The highest BCUT2D eigenvalue weighted by Gasteiger charge is 2.16. The molecule has 0 saturated carbocycles. The van der Waals surface area contributed by atoms with E-state index in [0.29, 0.717) is 33.4 Å². The number of rotatable bonds is 6. The van der Waals surface area contributed by atoms with Gasteiger partial charge in [0.05, 0.1) is 23.2 Å². The Morgan fingerprint density at radius 1 is 1.19 bits per heavy atom. The summed E-state index contributed by atoms with van der Waals surface area (Å²) in [6, 6.07) is 5.74. The van der Waals surface area contributed by atoms with Crippen LogP contribution in [0, 0.1) is 17.5 Å². The Hall–Kier alpha value is -2.58. The van der Waals surface area contributed by atoms with Crippen molar-refractivity contribution in [3.05, 3.63) is 69.4 Å². The van der Waals surface area contributed by atoms with Gasteiger partial charge < -0.3 is 9.84 Å². The molecule has 2 aromatic carbocycles. The first-order valence-corrected chi connectivity index (χ1v) is 8.81. The Morgan fingerprint density at radius 3 is 2.56 bits per heavy atom. The molecule has 1 N–H and O–H groups in total. The van der Waals surface area contributed by atoms with Gasteiger partial charge in [0.15, 0.2) is 0 Å². The van der Waals surface area contributed by atoms with Crippen LogP contribution in [0.3, 0.4) is 0 Å². The average molecular weight is 414 g/mol. The summed E-state index contributed by atoms with van der Waals surface area (Å²) >= 11 is 7.20. The number of halogens is 4. The fourth-order valence-electron chi connectivity index (χ4n) is 2.32. The Morgan fingerprint density at radius 2 is 1.89 bits per heavy atom. The highest BCUT2D eigenvalue weighted by atomic mass is 35.5. The molecular formula is C18H11ClF3NO3S. The zero-order valence-corrected chi connectivity index (χ0v) is 15.1. The van der Waals surface area contributed by atoms with E-state index in [1.165, 1.54) is 23.5 Å². The number of carboxylic acids is 1. The van der Waals surface area contributed by atoms with Crippen LogP contribution in [0.1, 0.15) is 11.3 Å². The third kappa shape index (κ3) is 4.58. The Balaban J connectivity index is 1.89. The van der Waals surface area contributed by atoms with Gasteiger partial charge in [0.25, 0.3) is 0 Å². The predicted octanol–water partition coefficient (Wildman–Crippen LogP) is 5.09. The van der Waals surface area contributed by atoms with Crippen molar-refractivity contribution >= 4 is 28.9 Å². The second-order valence-electron chi connectivity index (χ2n) is 5.49. The number of benzene rings is 2. The molecule has 0 atom stereocenters. The maximum atomic E-state index is 13.8. The Kier molecular flexibility index (Phi) is 5.67. The summed E-state index contributed by atoms with van der Waals surface area (Å²) in [5.74, 6) is -3.90. The lowest BCUT2D eigenvalue weighted by molar-refractivity contribution is -0.136. The SMILES string of the molecule is O=C(O)Cc1csc(-c2cc(Cl)ccc2OCc2c(F)cc(F)cc2F)n1. The fourth-order valence-corrected chi connectivity index (χ4v) is 3.33. The molecule has 0 aliphatic carbocycles. The molecule has 0 fully saturated rings. The maximum absolute atomic E-state index is 13.8. The van der Waals surface area contributed by atoms with E-state index in [1.54, 1.807) is 11.4 Å². The van der Waals surface area contributed by atoms with Crippen LogP contribution in [0.4, 0.5) is 13.2 Å². The fraction of sp³-hybridized carbons (Fsp3) is 0.111. The molecule has 0 radical (unpaired) electrons. The number of hydrogen-bond acceptors (Lipinski definition) is 4. The third-order valence-electron chi connectivity index (χ3n) is 3.53. The molecule has 0 saturated heterocycles. The van der Waals surface area contributed by atoms with Crippen molar-refractivity contribution in [3.63, 3.8) is 0 Å². The second kappa shape index (κ2) is 7.98. The zero-order chi connectivity index (χ0) is 19.6. The van der Waals surface area contributed by atoms with Gasteiger partial charge in [-0.25, -0.2) is 18.2 Å². The number of thiazole rings is 1. The molecule has 0 spiro atoms. The van der Waals surface area contributed by atoms with E-state index in [0.717, 1.165) is 0 Å². The molecule has 27 heavy (non-hydrogen) atoms. The molecule has 4 nitrogen and oxygen atoms in total. The average Bonchev–Trinajstić information content (AvgIpc) is 3.02. The van der Waals surface area contributed by atoms with Crippen LogP contribution in [0.5, 0.6) is 5.75 Å². The van der Waals surface area contributed by atoms with Crippen molar-refractivity contribution < 1.29 is 27.8 Å². The lowest BCUT2D eigenvalue weighted by Gasteiger charge is -2.12. The van der Waals surface area contributed by atoms with E-state index in [4.69, 9.17) is 21.4 Å². The van der Waals surface area contributed by atoms with Gasteiger partial charge in [0.1, 0.15) is 34.8 Å². The first-order chi connectivity index (χ1) is 12.8. The molecule has 0 bridgehead atoms. The maximum Gasteiger partial charge on any atom is 0.309 e. The predicted molar refractivity (Wildman–Crippen MR) is 94.5 cm³/mol.